The molecule has 0 heterocycles. The van der Waals surface area contributed by atoms with E-state index in [0.717, 1.165) is 28.2 Å². The van der Waals surface area contributed by atoms with Crippen molar-refractivity contribution in [3.8, 4) is 11.5 Å². The van der Waals surface area contributed by atoms with Crippen molar-refractivity contribution in [3.63, 3.8) is 0 Å². The number of benzene rings is 2. The Balaban J connectivity index is 2.25. The summed E-state index contributed by atoms with van der Waals surface area (Å²) in [6.45, 7) is 9.78. The summed E-state index contributed by atoms with van der Waals surface area (Å²) in [5, 5.41) is 2.91. The standard InChI is InChI=1S/C21H25NO2/c1-14(2)22-21(23)17(5)12-18-11-16(4)20(13-15(18)3)24-19-9-7-6-8-10-19/h6-14H,1-5H3,(H,22,23)/b17-12+. The van der Waals surface area contributed by atoms with Crippen molar-refractivity contribution in [2.75, 3.05) is 0 Å². The van der Waals surface area contributed by atoms with Gasteiger partial charge in [0.2, 0.25) is 5.91 Å². The van der Waals surface area contributed by atoms with Crippen LogP contribution in [0.1, 0.15) is 37.5 Å². The van der Waals surface area contributed by atoms with Crippen LogP contribution in [-0.4, -0.2) is 11.9 Å². The fourth-order valence-electron chi connectivity index (χ4n) is 2.37. The first-order valence-electron chi connectivity index (χ1n) is 8.20. The molecule has 0 bridgehead atoms. The molecule has 0 saturated carbocycles. The van der Waals surface area contributed by atoms with E-state index in [4.69, 9.17) is 4.74 Å². The highest BCUT2D eigenvalue weighted by Crippen LogP contribution is 2.28. The van der Waals surface area contributed by atoms with Crippen molar-refractivity contribution >= 4 is 12.0 Å². The predicted molar refractivity (Wildman–Crippen MR) is 99.4 cm³/mol. The lowest BCUT2D eigenvalue weighted by Gasteiger charge is -2.13. The summed E-state index contributed by atoms with van der Waals surface area (Å²) in [6, 6.07) is 13.9. The normalized spacial score (nSPS) is 11.5. The maximum atomic E-state index is 12.1. The fourth-order valence-corrected chi connectivity index (χ4v) is 2.37. The lowest BCUT2D eigenvalue weighted by atomic mass is 10.0. The van der Waals surface area contributed by atoms with Gasteiger partial charge in [-0.3, -0.25) is 4.79 Å². The van der Waals surface area contributed by atoms with Crippen LogP contribution in [-0.2, 0) is 4.79 Å². The van der Waals surface area contributed by atoms with E-state index in [0.29, 0.717) is 5.57 Å². The number of aryl methyl sites for hydroxylation is 2. The monoisotopic (exact) mass is 323 g/mol. The lowest BCUT2D eigenvalue weighted by Crippen LogP contribution is -2.30. The molecule has 0 aliphatic rings. The molecule has 0 aliphatic carbocycles. The van der Waals surface area contributed by atoms with E-state index >= 15 is 0 Å². The van der Waals surface area contributed by atoms with E-state index in [2.05, 4.69) is 11.4 Å². The van der Waals surface area contributed by atoms with E-state index < -0.39 is 0 Å². The van der Waals surface area contributed by atoms with Crippen LogP contribution >= 0.6 is 0 Å². The molecule has 0 atom stereocenters. The third kappa shape index (κ3) is 4.72. The van der Waals surface area contributed by atoms with Gasteiger partial charge in [-0.25, -0.2) is 0 Å². The van der Waals surface area contributed by atoms with Crippen LogP contribution in [0.25, 0.3) is 6.08 Å². The maximum Gasteiger partial charge on any atom is 0.247 e. The second-order valence-corrected chi connectivity index (χ2v) is 6.34. The number of carbonyl (C=O) groups excluding carboxylic acids is 1. The largest absolute Gasteiger partial charge is 0.457 e. The van der Waals surface area contributed by atoms with Crippen LogP contribution in [0.15, 0.2) is 48.0 Å². The Bertz CT molecular complexity index is 746. The first-order valence-corrected chi connectivity index (χ1v) is 8.20. The van der Waals surface area contributed by atoms with E-state index in [9.17, 15) is 4.79 Å². The molecule has 1 N–H and O–H groups in total. The SMILES string of the molecule is C/C(=C\c1cc(C)c(Oc2ccccc2)cc1C)C(=O)NC(C)C. The summed E-state index contributed by atoms with van der Waals surface area (Å²) < 4.78 is 5.95. The van der Waals surface area contributed by atoms with E-state index in [1.165, 1.54) is 0 Å². The minimum absolute atomic E-state index is 0.0355. The molecule has 2 aromatic rings. The number of hydrogen-bond acceptors (Lipinski definition) is 2. The van der Waals surface area contributed by atoms with Crippen molar-refractivity contribution in [2.45, 2.75) is 40.7 Å². The third-order valence-electron chi connectivity index (χ3n) is 3.68. The van der Waals surface area contributed by atoms with Crippen LogP contribution in [0.3, 0.4) is 0 Å². The van der Waals surface area contributed by atoms with Gasteiger partial charge in [0.15, 0.2) is 0 Å². The van der Waals surface area contributed by atoms with E-state index in [1.54, 1.807) is 0 Å². The van der Waals surface area contributed by atoms with Gasteiger partial charge in [-0.1, -0.05) is 18.2 Å². The second kappa shape index (κ2) is 7.82. The quantitative estimate of drug-likeness (QED) is 0.784. The molecular formula is C21H25NO2. The van der Waals surface area contributed by atoms with Crippen LogP contribution < -0.4 is 10.1 Å². The van der Waals surface area contributed by atoms with E-state index in [-0.39, 0.29) is 11.9 Å². The highest BCUT2D eigenvalue weighted by Gasteiger charge is 2.09. The van der Waals surface area contributed by atoms with Gasteiger partial charge in [0.1, 0.15) is 11.5 Å². The van der Waals surface area contributed by atoms with Gasteiger partial charge in [0.25, 0.3) is 0 Å². The first-order chi connectivity index (χ1) is 11.4. The Morgan fingerprint density at radius 2 is 1.75 bits per heavy atom. The number of para-hydroxylation sites is 1. The molecule has 0 aromatic heterocycles. The van der Waals surface area contributed by atoms with Crippen molar-refractivity contribution in [2.24, 2.45) is 0 Å². The number of amides is 1. The van der Waals surface area contributed by atoms with E-state index in [1.807, 2.05) is 77.1 Å². The third-order valence-corrected chi connectivity index (χ3v) is 3.68. The molecule has 3 nitrogen and oxygen atoms in total. The van der Waals surface area contributed by atoms with Crippen molar-refractivity contribution in [1.29, 1.82) is 0 Å². The Labute approximate surface area is 144 Å². The highest BCUT2D eigenvalue weighted by molar-refractivity contribution is 5.97. The van der Waals surface area contributed by atoms with Gasteiger partial charge in [0, 0.05) is 11.6 Å². The zero-order valence-corrected chi connectivity index (χ0v) is 15.0. The van der Waals surface area contributed by atoms with Gasteiger partial charge in [-0.15, -0.1) is 0 Å². The van der Waals surface area contributed by atoms with Crippen molar-refractivity contribution in [1.82, 2.24) is 5.32 Å². The average Bonchev–Trinajstić information content (AvgIpc) is 2.52. The molecule has 0 radical (unpaired) electrons. The average molecular weight is 323 g/mol. The molecule has 0 unspecified atom stereocenters. The lowest BCUT2D eigenvalue weighted by molar-refractivity contribution is -0.117. The summed E-state index contributed by atoms with van der Waals surface area (Å²) >= 11 is 0. The number of rotatable bonds is 5. The van der Waals surface area contributed by atoms with Crippen LogP contribution in [0, 0.1) is 13.8 Å². The summed E-state index contributed by atoms with van der Waals surface area (Å²) in [5.74, 6) is 1.61. The molecule has 3 heteroatoms. The highest BCUT2D eigenvalue weighted by atomic mass is 16.5. The van der Waals surface area contributed by atoms with Gasteiger partial charge in [0.05, 0.1) is 0 Å². The summed E-state index contributed by atoms with van der Waals surface area (Å²) in [6.07, 6.45) is 1.92. The predicted octanol–water partition coefficient (Wildman–Crippen LogP) is 5.02. The Kier molecular flexibility index (Phi) is 5.80. The summed E-state index contributed by atoms with van der Waals surface area (Å²) in [5.41, 5.74) is 3.84. The molecule has 2 rings (SSSR count). The number of hydrogen-bond donors (Lipinski definition) is 1. The fraction of sp³-hybridized carbons (Fsp3) is 0.286. The maximum absolute atomic E-state index is 12.1. The van der Waals surface area contributed by atoms with Gasteiger partial charge < -0.3 is 10.1 Å². The zero-order chi connectivity index (χ0) is 17.7. The number of carbonyl (C=O) groups is 1. The second-order valence-electron chi connectivity index (χ2n) is 6.34. The minimum atomic E-state index is -0.0355. The zero-order valence-electron chi connectivity index (χ0n) is 15.0. The van der Waals surface area contributed by atoms with Gasteiger partial charge in [-0.2, -0.15) is 0 Å². The topological polar surface area (TPSA) is 38.3 Å². The molecule has 0 fully saturated rings. The molecule has 0 spiro atoms. The first kappa shape index (κ1) is 17.8. The smallest absolute Gasteiger partial charge is 0.247 e. The van der Waals surface area contributed by atoms with Crippen LogP contribution in [0.4, 0.5) is 0 Å². The van der Waals surface area contributed by atoms with Gasteiger partial charge >= 0.3 is 0 Å². The molecule has 1 amide bonds. The molecule has 0 aliphatic heterocycles. The molecule has 0 saturated heterocycles. The molecule has 2 aromatic carbocycles. The Morgan fingerprint density at radius 3 is 2.38 bits per heavy atom. The van der Waals surface area contributed by atoms with Crippen molar-refractivity contribution in [3.05, 3.63) is 64.7 Å². The molecule has 24 heavy (non-hydrogen) atoms. The number of ether oxygens (including phenoxy) is 1. The van der Waals surface area contributed by atoms with Crippen molar-refractivity contribution < 1.29 is 9.53 Å². The Morgan fingerprint density at radius 1 is 1.08 bits per heavy atom. The summed E-state index contributed by atoms with van der Waals surface area (Å²) in [4.78, 5) is 12.1. The van der Waals surface area contributed by atoms with Crippen LogP contribution in [0.2, 0.25) is 0 Å². The summed E-state index contributed by atoms with van der Waals surface area (Å²) in [7, 11) is 0. The van der Waals surface area contributed by atoms with Gasteiger partial charge in [-0.05, 0) is 81.7 Å². The van der Waals surface area contributed by atoms with Crippen LogP contribution in [0.5, 0.6) is 11.5 Å². The Hall–Kier alpha value is -2.55. The molecule has 126 valence electrons. The molecular weight excluding hydrogens is 298 g/mol. The number of nitrogens with one attached hydrogen (secondary N) is 1. The minimum Gasteiger partial charge on any atom is -0.457 e.